The third kappa shape index (κ3) is 4.33. The predicted octanol–water partition coefficient (Wildman–Crippen LogP) is 3.96. The lowest BCUT2D eigenvalue weighted by molar-refractivity contribution is -0.121. The maximum Gasteiger partial charge on any atom is 0.220 e. The largest absolute Gasteiger partial charge is 0.350 e. The Morgan fingerprint density at radius 2 is 1.92 bits per heavy atom. The standard InChI is InChI=1S/C20H19F2N3O/c1-14(16-8-9-18(21)19(22)11-16)24-20(26)10-7-15-12-23-25(13-15)17-5-3-2-4-6-17/h2-6,8-9,11-14H,7,10H2,1H3,(H,24,26). The van der Waals surface area contributed by atoms with Crippen LogP contribution in [-0.4, -0.2) is 15.7 Å². The van der Waals surface area contributed by atoms with Crippen LogP contribution in [0, 0.1) is 11.6 Å². The molecule has 1 heterocycles. The summed E-state index contributed by atoms with van der Waals surface area (Å²) in [6.45, 7) is 1.73. The van der Waals surface area contributed by atoms with E-state index in [-0.39, 0.29) is 12.3 Å². The van der Waals surface area contributed by atoms with Gasteiger partial charge in [0.25, 0.3) is 0 Å². The van der Waals surface area contributed by atoms with Gasteiger partial charge < -0.3 is 5.32 Å². The van der Waals surface area contributed by atoms with Gasteiger partial charge in [-0.15, -0.1) is 0 Å². The lowest BCUT2D eigenvalue weighted by Crippen LogP contribution is -2.26. The molecule has 0 fully saturated rings. The number of benzene rings is 2. The summed E-state index contributed by atoms with van der Waals surface area (Å²) in [5.74, 6) is -1.98. The second-order valence-electron chi connectivity index (χ2n) is 6.09. The molecular weight excluding hydrogens is 336 g/mol. The number of nitrogens with one attached hydrogen (secondary N) is 1. The number of amides is 1. The molecular formula is C20H19F2N3O. The Morgan fingerprint density at radius 1 is 1.15 bits per heavy atom. The molecule has 1 unspecified atom stereocenters. The van der Waals surface area contributed by atoms with Crippen LogP contribution in [0.15, 0.2) is 60.9 Å². The Kier molecular flexibility index (Phi) is 5.41. The summed E-state index contributed by atoms with van der Waals surface area (Å²) in [5.41, 5.74) is 2.42. The average Bonchev–Trinajstić information content (AvgIpc) is 3.12. The highest BCUT2D eigenvalue weighted by atomic mass is 19.2. The molecule has 1 aromatic heterocycles. The summed E-state index contributed by atoms with van der Waals surface area (Å²) in [6, 6.07) is 12.9. The molecule has 1 atom stereocenters. The van der Waals surface area contributed by atoms with Crippen LogP contribution in [-0.2, 0) is 11.2 Å². The van der Waals surface area contributed by atoms with Crippen LogP contribution in [0.2, 0.25) is 0 Å². The van der Waals surface area contributed by atoms with E-state index in [4.69, 9.17) is 0 Å². The van der Waals surface area contributed by atoms with Crippen molar-refractivity contribution in [1.82, 2.24) is 15.1 Å². The van der Waals surface area contributed by atoms with E-state index in [1.165, 1.54) is 6.07 Å². The highest BCUT2D eigenvalue weighted by Gasteiger charge is 2.12. The Bertz CT molecular complexity index is 893. The first-order valence-electron chi connectivity index (χ1n) is 8.36. The van der Waals surface area contributed by atoms with Crippen LogP contribution >= 0.6 is 0 Å². The van der Waals surface area contributed by atoms with Crippen molar-refractivity contribution in [2.24, 2.45) is 0 Å². The number of nitrogens with zero attached hydrogens (tertiary/aromatic N) is 2. The molecule has 0 radical (unpaired) electrons. The van der Waals surface area contributed by atoms with E-state index >= 15 is 0 Å². The van der Waals surface area contributed by atoms with Crippen molar-refractivity contribution in [3.8, 4) is 5.69 Å². The first kappa shape index (κ1) is 17.8. The molecule has 3 aromatic rings. The van der Waals surface area contributed by atoms with E-state index in [1.807, 2.05) is 36.5 Å². The third-order valence-electron chi connectivity index (χ3n) is 4.12. The van der Waals surface area contributed by atoms with Gasteiger partial charge in [0.1, 0.15) is 0 Å². The zero-order chi connectivity index (χ0) is 18.5. The first-order valence-corrected chi connectivity index (χ1v) is 8.36. The van der Waals surface area contributed by atoms with Gasteiger partial charge in [-0.2, -0.15) is 5.10 Å². The SMILES string of the molecule is CC(NC(=O)CCc1cnn(-c2ccccc2)c1)c1ccc(F)c(F)c1. The maximum absolute atomic E-state index is 13.3. The van der Waals surface area contributed by atoms with Crippen molar-refractivity contribution < 1.29 is 13.6 Å². The monoisotopic (exact) mass is 355 g/mol. The molecule has 1 N–H and O–H groups in total. The summed E-state index contributed by atoms with van der Waals surface area (Å²) in [7, 11) is 0. The van der Waals surface area contributed by atoms with Crippen molar-refractivity contribution in [2.45, 2.75) is 25.8 Å². The summed E-state index contributed by atoms with van der Waals surface area (Å²) >= 11 is 0. The zero-order valence-electron chi connectivity index (χ0n) is 14.3. The molecule has 0 aliphatic carbocycles. The Morgan fingerprint density at radius 3 is 2.65 bits per heavy atom. The van der Waals surface area contributed by atoms with E-state index < -0.39 is 17.7 Å². The third-order valence-corrected chi connectivity index (χ3v) is 4.12. The Balaban J connectivity index is 1.54. The van der Waals surface area contributed by atoms with Gasteiger partial charge in [-0.25, -0.2) is 13.5 Å². The number of halogens is 2. The van der Waals surface area contributed by atoms with Crippen LogP contribution in [0.5, 0.6) is 0 Å². The highest BCUT2D eigenvalue weighted by molar-refractivity contribution is 5.76. The maximum atomic E-state index is 13.3. The number of aromatic nitrogens is 2. The minimum absolute atomic E-state index is 0.158. The van der Waals surface area contributed by atoms with Crippen molar-refractivity contribution in [3.63, 3.8) is 0 Å². The normalized spacial score (nSPS) is 12.0. The van der Waals surface area contributed by atoms with E-state index in [9.17, 15) is 13.6 Å². The number of carbonyl (C=O) groups is 1. The number of rotatable bonds is 6. The van der Waals surface area contributed by atoms with Gasteiger partial charge in [-0.3, -0.25) is 4.79 Å². The van der Waals surface area contributed by atoms with Crippen LogP contribution in [0.1, 0.15) is 30.5 Å². The van der Waals surface area contributed by atoms with Crippen LogP contribution in [0.4, 0.5) is 8.78 Å². The van der Waals surface area contributed by atoms with Gasteiger partial charge >= 0.3 is 0 Å². The van der Waals surface area contributed by atoms with Crippen LogP contribution < -0.4 is 5.32 Å². The van der Waals surface area contributed by atoms with Gasteiger partial charge in [0.15, 0.2) is 11.6 Å². The minimum Gasteiger partial charge on any atom is -0.350 e. The van der Waals surface area contributed by atoms with E-state index in [1.54, 1.807) is 17.8 Å². The van der Waals surface area contributed by atoms with Crippen molar-refractivity contribution in [2.75, 3.05) is 0 Å². The first-order chi connectivity index (χ1) is 12.5. The molecule has 134 valence electrons. The fourth-order valence-corrected chi connectivity index (χ4v) is 2.65. The summed E-state index contributed by atoms with van der Waals surface area (Å²) in [5, 5.41) is 7.09. The Hall–Kier alpha value is -3.02. The molecule has 0 aliphatic heterocycles. The van der Waals surface area contributed by atoms with E-state index in [2.05, 4.69) is 10.4 Å². The zero-order valence-corrected chi connectivity index (χ0v) is 14.3. The predicted molar refractivity (Wildman–Crippen MR) is 94.8 cm³/mol. The molecule has 0 bridgehead atoms. The number of aryl methyl sites for hydroxylation is 1. The quantitative estimate of drug-likeness (QED) is 0.727. The molecule has 0 saturated heterocycles. The molecule has 6 heteroatoms. The molecule has 1 amide bonds. The van der Waals surface area contributed by atoms with E-state index in [0.29, 0.717) is 12.0 Å². The van der Waals surface area contributed by atoms with Gasteiger partial charge in [-0.05, 0) is 48.7 Å². The number of hydrogen-bond acceptors (Lipinski definition) is 2. The lowest BCUT2D eigenvalue weighted by atomic mass is 10.1. The smallest absolute Gasteiger partial charge is 0.220 e. The minimum atomic E-state index is -0.920. The van der Waals surface area contributed by atoms with Crippen molar-refractivity contribution in [1.29, 1.82) is 0 Å². The average molecular weight is 355 g/mol. The molecule has 2 aromatic carbocycles. The van der Waals surface area contributed by atoms with Gasteiger partial charge in [0.2, 0.25) is 5.91 Å². The molecule has 0 saturated carbocycles. The van der Waals surface area contributed by atoms with E-state index in [0.717, 1.165) is 23.4 Å². The molecule has 0 spiro atoms. The number of para-hydroxylation sites is 1. The molecule has 26 heavy (non-hydrogen) atoms. The van der Waals surface area contributed by atoms with Gasteiger partial charge in [0.05, 0.1) is 17.9 Å². The van der Waals surface area contributed by atoms with Gasteiger partial charge in [-0.1, -0.05) is 24.3 Å². The van der Waals surface area contributed by atoms with Crippen molar-refractivity contribution in [3.05, 3.63) is 83.7 Å². The second kappa shape index (κ2) is 7.91. The fraction of sp³-hybridized carbons (Fsp3) is 0.200. The van der Waals surface area contributed by atoms with Crippen LogP contribution in [0.25, 0.3) is 5.69 Å². The molecule has 0 aliphatic rings. The fourth-order valence-electron chi connectivity index (χ4n) is 2.65. The molecule has 3 rings (SSSR count). The Labute approximate surface area is 150 Å². The van der Waals surface area contributed by atoms with Crippen molar-refractivity contribution >= 4 is 5.91 Å². The number of hydrogen-bond donors (Lipinski definition) is 1. The van der Waals surface area contributed by atoms with Gasteiger partial charge in [0, 0.05) is 12.6 Å². The lowest BCUT2D eigenvalue weighted by Gasteiger charge is -2.14. The molecule has 4 nitrogen and oxygen atoms in total. The summed E-state index contributed by atoms with van der Waals surface area (Å²) in [4.78, 5) is 12.1. The highest BCUT2D eigenvalue weighted by Crippen LogP contribution is 2.16. The summed E-state index contributed by atoms with van der Waals surface area (Å²) in [6.07, 6.45) is 4.46. The van der Waals surface area contributed by atoms with Crippen LogP contribution in [0.3, 0.4) is 0 Å². The number of carbonyl (C=O) groups excluding carboxylic acids is 1. The topological polar surface area (TPSA) is 46.9 Å². The second-order valence-corrected chi connectivity index (χ2v) is 6.09. The summed E-state index contributed by atoms with van der Waals surface area (Å²) < 4.78 is 28.0.